The molecule has 3 N–H and O–H groups in total. The molecule has 38 heavy (non-hydrogen) atoms. The van der Waals surface area contributed by atoms with Crippen LogP contribution in [0.1, 0.15) is 51.1 Å². The number of aromatic nitrogens is 4. The predicted octanol–water partition coefficient (Wildman–Crippen LogP) is 5.54. The van der Waals surface area contributed by atoms with Gasteiger partial charge in [-0.05, 0) is 81.0 Å². The van der Waals surface area contributed by atoms with Crippen molar-refractivity contribution in [3.05, 3.63) is 42.1 Å². The van der Waals surface area contributed by atoms with Crippen molar-refractivity contribution in [1.29, 1.82) is 0 Å². The maximum atomic E-state index is 12.1. The van der Waals surface area contributed by atoms with E-state index in [1.165, 1.54) is 24.6 Å². The van der Waals surface area contributed by atoms with Crippen LogP contribution in [0.5, 0.6) is 0 Å². The number of aryl methyl sites for hydroxylation is 1. The number of rotatable bonds is 12. The summed E-state index contributed by atoms with van der Waals surface area (Å²) in [6, 6.07) is 11.8. The molecule has 3 aromatic rings. The van der Waals surface area contributed by atoms with Gasteiger partial charge in [-0.1, -0.05) is 13.3 Å². The van der Waals surface area contributed by atoms with Gasteiger partial charge in [0.2, 0.25) is 5.91 Å². The summed E-state index contributed by atoms with van der Waals surface area (Å²) in [5, 5.41) is 14.2. The fourth-order valence-corrected chi connectivity index (χ4v) is 5.63. The first-order valence-electron chi connectivity index (χ1n) is 13.7. The van der Waals surface area contributed by atoms with E-state index >= 15 is 0 Å². The first-order chi connectivity index (χ1) is 18.5. The van der Waals surface area contributed by atoms with Gasteiger partial charge in [0.05, 0.1) is 18.8 Å². The van der Waals surface area contributed by atoms with E-state index in [2.05, 4.69) is 32.7 Å². The molecule has 6 rings (SSSR count). The molecule has 10 heteroatoms. The second-order valence-corrected chi connectivity index (χ2v) is 11.8. The summed E-state index contributed by atoms with van der Waals surface area (Å²) in [5.74, 6) is 3.35. The first kappa shape index (κ1) is 25.2. The Morgan fingerprint density at radius 1 is 1.16 bits per heavy atom. The smallest absolute Gasteiger partial charge is 0.227 e. The Kier molecular flexibility index (Phi) is 7.01. The van der Waals surface area contributed by atoms with Gasteiger partial charge < -0.3 is 20.3 Å². The molecule has 1 saturated heterocycles. The second-order valence-electron chi connectivity index (χ2n) is 10.7. The Hall–Kier alpha value is -3.11. The number of amides is 1. The van der Waals surface area contributed by atoms with E-state index in [-0.39, 0.29) is 17.4 Å². The van der Waals surface area contributed by atoms with Crippen molar-refractivity contribution in [1.82, 2.24) is 20.2 Å². The van der Waals surface area contributed by atoms with Crippen LogP contribution in [0.3, 0.4) is 0 Å². The number of H-pyrrole nitrogens is 1. The predicted molar refractivity (Wildman–Crippen MR) is 149 cm³/mol. The van der Waals surface area contributed by atoms with Gasteiger partial charge in [-0.2, -0.15) is 5.10 Å². The Labute approximate surface area is 227 Å². The maximum Gasteiger partial charge on any atom is 0.227 e. The molecule has 3 aliphatic rings. The van der Waals surface area contributed by atoms with Crippen LogP contribution in [0, 0.1) is 18.8 Å². The topological polar surface area (TPSA) is 108 Å². The number of carbonyl (C=O) groups is 1. The third kappa shape index (κ3) is 5.81. The van der Waals surface area contributed by atoms with Gasteiger partial charge in [-0.25, -0.2) is 9.97 Å². The van der Waals surface area contributed by atoms with Crippen LogP contribution in [-0.4, -0.2) is 51.4 Å². The lowest BCUT2D eigenvalue weighted by atomic mass is 9.88. The minimum absolute atomic E-state index is 0.0394. The Balaban J connectivity index is 1.19. The number of nitrogens with zero attached hydrogens (tertiary/aromatic N) is 4. The summed E-state index contributed by atoms with van der Waals surface area (Å²) in [6.07, 6.45) is 6.75. The van der Waals surface area contributed by atoms with Gasteiger partial charge >= 0.3 is 0 Å². The molecule has 0 radical (unpaired) electrons. The zero-order valence-corrected chi connectivity index (χ0v) is 22.8. The van der Waals surface area contributed by atoms with Crippen LogP contribution in [0.4, 0.5) is 23.1 Å². The van der Waals surface area contributed by atoms with Crippen molar-refractivity contribution in [2.45, 2.75) is 68.0 Å². The Morgan fingerprint density at radius 2 is 1.95 bits per heavy atom. The quantitative estimate of drug-likeness (QED) is 0.206. The molecule has 0 atom stereocenters. The van der Waals surface area contributed by atoms with E-state index < -0.39 is 0 Å². The number of benzene rings is 1. The summed E-state index contributed by atoms with van der Waals surface area (Å²) in [4.78, 5) is 25.1. The van der Waals surface area contributed by atoms with E-state index in [1.807, 2.05) is 43.3 Å². The standard InChI is InChI=1S/C28H35N7O2S/c1-3-4-13-37-28(20-7-8-20)16-35(17-28)25-15-23(30-24-14-18(2)33-34-24)31-27(32-25)38-22-11-9-21(10-12-22)29-26(36)19-5-6-19/h9-12,14-15,19-20H,3-8,13,16-17H2,1-2H3,(H,29,36)(H2,30,31,32,33,34). The van der Waals surface area contributed by atoms with E-state index in [9.17, 15) is 4.79 Å². The molecule has 0 unspecified atom stereocenters. The lowest BCUT2D eigenvalue weighted by molar-refractivity contribution is -0.117. The molecule has 2 aromatic heterocycles. The number of nitrogens with one attached hydrogen (secondary N) is 3. The van der Waals surface area contributed by atoms with Crippen molar-refractivity contribution in [2.75, 3.05) is 35.2 Å². The molecule has 2 aliphatic carbocycles. The van der Waals surface area contributed by atoms with E-state index in [4.69, 9.17) is 14.7 Å². The molecule has 3 heterocycles. The Morgan fingerprint density at radius 3 is 2.61 bits per heavy atom. The van der Waals surface area contributed by atoms with E-state index in [1.54, 1.807) is 0 Å². The number of hydrogen-bond acceptors (Lipinski definition) is 8. The van der Waals surface area contributed by atoms with Crippen molar-refractivity contribution in [3.8, 4) is 0 Å². The largest absolute Gasteiger partial charge is 0.371 e. The van der Waals surface area contributed by atoms with E-state index in [0.717, 1.165) is 73.3 Å². The average Bonchev–Trinajstić information content (AvgIpc) is 3.80. The number of aromatic amines is 1. The van der Waals surface area contributed by atoms with Crippen molar-refractivity contribution in [3.63, 3.8) is 0 Å². The lowest BCUT2D eigenvalue weighted by Gasteiger charge is -2.51. The lowest BCUT2D eigenvalue weighted by Crippen LogP contribution is -2.65. The van der Waals surface area contributed by atoms with E-state index in [0.29, 0.717) is 16.9 Å². The third-order valence-electron chi connectivity index (χ3n) is 7.39. The highest BCUT2D eigenvalue weighted by atomic mass is 32.2. The van der Waals surface area contributed by atoms with Gasteiger partial charge in [0.1, 0.15) is 23.1 Å². The molecule has 200 valence electrons. The highest BCUT2D eigenvalue weighted by Gasteiger charge is 2.54. The van der Waals surface area contributed by atoms with Crippen molar-refractivity contribution in [2.24, 2.45) is 11.8 Å². The number of unbranched alkanes of at least 4 members (excludes halogenated alkanes) is 1. The zero-order valence-electron chi connectivity index (χ0n) is 22.0. The fraction of sp³-hybridized carbons (Fsp3) is 0.500. The summed E-state index contributed by atoms with van der Waals surface area (Å²) in [7, 11) is 0. The summed E-state index contributed by atoms with van der Waals surface area (Å²) >= 11 is 1.51. The number of anilines is 4. The van der Waals surface area contributed by atoms with Gasteiger partial charge in [-0.3, -0.25) is 9.89 Å². The average molecular weight is 534 g/mol. The van der Waals surface area contributed by atoms with Crippen molar-refractivity contribution < 1.29 is 9.53 Å². The van der Waals surface area contributed by atoms with Gasteiger partial charge in [0.25, 0.3) is 0 Å². The van der Waals surface area contributed by atoms with Crippen LogP contribution >= 0.6 is 11.8 Å². The van der Waals surface area contributed by atoms with Crippen LogP contribution < -0.4 is 15.5 Å². The minimum Gasteiger partial charge on any atom is -0.371 e. The molecular weight excluding hydrogens is 498 g/mol. The number of hydrogen-bond donors (Lipinski definition) is 3. The highest BCUT2D eigenvalue weighted by Crippen LogP contribution is 2.48. The first-order valence-corrected chi connectivity index (χ1v) is 14.5. The van der Waals surface area contributed by atoms with Crippen LogP contribution in [0.2, 0.25) is 0 Å². The van der Waals surface area contributed by atoms with Crippen LogP contribution in [0.15, 0.2) is 46.5 Å². The molecule has 1 amide bonds. The fourth-order valence-electron chi connectivity index (χ4n) is 4.87. The monoisotopic (exact) mass is 533 g/mol. The molecule has 9 nitrogen and oxygen atoms in total. The molecule has 3 fully saturated rings. The molecule has 1 aromatic carbocycles. The maximum absolute atomic E-state index is 12.1. The van der Waals surface area contributed by atoms with Crippen LogP contribution in [0.25, 0.3) is 0 Å². The molecule has 2 saturated carbocycles. The molecule has 0 bridgehead atoms. The zero-order chi connectivity index (χ0) is 26.1. The Bertz CT molecular complexity index is 1280. The minimum atomic E-state index is -0.0394. The molecule has 1 aliphatic heterocycles. The van der Waals surface area contributed by atoms with Gasteiger partial charge in [0, 0.05) is 35.2 Å². The summed E-state index contributed by atoms with van der Waals surface area (Å²) < 4.78 is 6.44. The SMILES string of the molecule is CCCCOC1(C2CC2)CN(c2cc(Nc3cc(C)n[nH]3)nc(Sc3ccc(NC(=O)C4CC4)cc3)n2)C1. The summed E-state index contributed by atoms with van der Waals surface area (Å²) in [5.41, 5.74) is 1.69. The van der Waals surface area contributed by atoms with Crippen LogP contribution in [-0.2, 0) is 9.53 Å². The van der Waals surface area contributed by atoms with Gasteiger partial charge in [0.15, 0.2) is 5.16 Å². The van der Waals surface area contributed by atoms with Crippen molar-refractivity contribution >= 4 is 40.8 Å². The highest BCUT2D eigenvalue weighted by molar-refractivity contribution is 7.99. The second kappa shape index (κ2) is 10.6. The molecular formula is C28H35N7O2S. The summed E-state index contributed by atoms with van der Waals surface area (Å²) in [6.45, 7) is 6.70. The molecule has 0 spiro atoms. The normalized spacial score (nSPS) is 18.2. The number of ether oxygens (including phenoxy) is 1. The van der Waals surface area contributed by atoms with Gasteiger partial charge in [-0.15, -0.1) is 0 Å². The number of carbonyl (C=O) groups excluding carboxylic acids is 1. The third-order valence-corrected chi connectivity index (χ3v) is 8.26.